The molecule has 1 unspecified atom stereocenters. The Bertz CT molecular complexity index is 903. The van der Waals surface area contributed by atoms with Crippen molar-refractivity contribution in [2.45, 2.75) is 19.9 Å². The maximum Gasteiger partial charge on any atom is 0.341 e. The van der Waals surface area contributed by atoms with Gasteiger partial charge in [0, 0.05) is 23.9 Å². The first-order valence-electron chi connectivity index (χ1n) is 7.83. The topological polar surface area (TPSA) is 77.8 Å². The highest BCUT2D eigenvalue weighted by Crippen LogP contribution is 2.41. The first kappa shape index (κ1) is 17.4. The smallest absolute Gasteiger partial charge is 0.341 e. The molecule has 6 nitrogen and oxygen atoms in total. The van der Waals surface area contributed by atoms with Gasteiger partial charge >= 0.3 is 5.97 Å². The molecule has 1 N–H and O–H groups in total. The lowest BCUT2D eigenvalue weighted by Crippen LogP contribution is -2.25. The molecule has 1 aromatic heterocycles. The van der Waals surface area contributed by atoms with E-state index in [9.17, 15) is 14.7 Å². The van der Waals surface area contributed by atoms with E-state index >= 15 is 0 Å². The third-order valence-electron chi connectivity index (χ3n) is 4.38. The lowest BCUT2D eigenvalue weighted by molar-refractivity contribution is 0.0694. The highest BCUT2D eigenvalue weighted by molar-refractivity contribution is 6.32. The minimum atomic E-state index is -1.25. The number of halogens is 1. The van der Waals surface area contributed by atoms with Gasteiger partial charge in [-0.25, -0.2) is 4.79 Å². The summed E-state index contributed by atoms with van der Waals surface area (Å²) < 4.78 is 13.0. The summed E-state index contributed by atoms with van der Waals surface area (Å²) >= 11 is 6.24. The molecule has 0 fully saturated rings. The van der Waals surface area contributed by atoms with Crippen LogP contribution in [0.25, 0.3) is 11.3 Å². The molecule has 1 aromatic carbocycles. The van der Waals surface area contributed by atoms with Crippen molar-refractivity contribution in [3.63, 3.8) is 0 Å². The summed E-state index contributed by atoms with van der Waals surface area (Å²) in [7, 11) is 1.51. The van der Waals surface area contributed by atoms with Crippen molar-refractivity contribution in [2.24, 2.45) is 5.92 Å². The van der Waals surface area contributed by atoms with Gasteiger partial charge in [-0.15, -0.1) is 0 Å². The number of aromatic nitrogens is 1. The monoisotopic (exact) mass is 363 g/mol. The molecule has 0 bridgehead atoms. The summed E-state index contributed by atoms with van der Waals surface area (Å²) in [6.07, 6.45) is 1.39. The number of rotatable bonds is 3. The molecule has 2 heterocycles. The van der Waals surface area contributed by atoms with Crippen molar-refractivity contribution in [2.75, 3.05) is 13.7 Å². The number of carboxylic acid groups (broad SMARTS) is 1. The number of carbonyl (C=O) groups is 1. The SMILES string of the molecule is COc1cc2c(cc1Cl)-c1cc(=O)c(C(=O)O)cn1C(C(C)C)CO2. The Labute approximate surface area is 149 Å². The van der Waals surface area contributed by atoms with Crippen LogP contribution in [0.2, 0.25) is 5.02 Å². The Morgan fingerprint density at radius 3 is 2.72 bits per heavy atom. The molecule has 0 amide bonds. The second-order valence-electron chi connectivity index (χ2n) is 6.25. The summed E-state index contributed by atoms with van der Waals surface area (Å²) in [6, 6.07) is 4.55. The van der Waals surface area contributed by atoms with E-state index < -0.39 is 11.4 Å². The van der Waals surface area contributed by atoms with Crippen LogP contribution < -0.4 is 14.9 Å². The van der Waals surface area contributed by atoms with Gasteiger partial charge in [0.15, 0.2) is 5.43 Å². The Morgan fingerprint density at radius 2 is 2.12 bits per heavy atom. The van der Waals surface area contributed by atoms with Gasteiger partial charge in [0.2, 0.25) is 0 Å². The van der Waals surface area contributed by atoms with Gasteiger partial charge in [-0.2, -0.15) is 0 Å². The zero-order valence-electron chi connectivity index (χ0n) is 14.1. The number of aromatic carboxylic acids is 1. The van der Waals surface area contributed by atoms with E-state index in [0.717, 1.165) is 0 Å². The number of hydrogen-bond donors (Lipinski definition) is 1. The molecular weight excluding hydrogens is 346 g/mol. The van der Waals surface area contributed by atoms with Crippen LogP contribution in [0.15, 0.2) is 29.2 Å². The molecule has 1 aliphatic heterocycles. The van der Waals surface area contributed by atoms with E-state index in [1.54, 1.807) is 16.7 Å². The van der Waals surface area contributed by atoms with Gasteiger partial charge < -0.3 is 19.1 Å². The van der Waals surface area contributed by atoms with Crippen LogP contribution in [-0.2, 0) is 0 Å². The summed E-state index contributed by atoms with van der Waals surface area (Å²) in [5, 5.41) is 9.67. The molecule has 1 aliphatic rings. The predicted octanol–water partition coefficient (Wildman–Crippen LogP) is 3.47. The summed E-state index contributed by atoms with van der Waals surface area (Å²) in [4.78, 5) is 23.6. The number of methoxy groups -OCH3 is 1. The van der Waals surface area contributed by atoms with Crippen LogP contribution in [0.3, 0.4) is 0 Å². The van der Waals surface area contributed by atoms with Crippen molar-refractivity contribution in [3.05, 3.63) is 45.2 Å². The lowest BCUT2D eigenvalue weighted by Gasteiger charge is -2.24. The molecule has 132 valence electrons. The van der Waals surface area contributed by atoms with E-state index in [4.69, 9.17) is 21.1 Å². The average Bonchev–Trinajstić information content (AvgIpc) is 2.70. The number of carboxylic acids is 1. The molecule has 0 saturated heterocycles. The maximum atomic E-state index is 12.2. The van der Waals surface area contributed by atoms with Crippen LogP contribution >= 0.6 is 11.6 Å². The number of pyridine rings is 1. The fraction of sp³-hybridized carbons (Fsp3) is 0.333. The molecule has 3 rings (SSSR count). The minimum Gasteiger partial charge on any atom is -0.495 e. The van der Waals surface area contributed by atoms with Crippen LogP contribution in [0.1, 0.15) is 30.2 Å². The van der Waals surface area contributed by atoms with Crippen LogP contribution in [0.4, 0.5) is 0 Å². The Morgan fingerprint density at radius 1 is 1.40 bits per heavy atom. The number of benzene rings is 1. The van der Waals surface area contributed by atoms with Gasteiger partial charge in [-0.05, 0) is 12.0 Å². The van der Waals surface area contributed by atoms with Crippen molar-refractivity contribution in [1.82, 2.24) is 4.57 Å². The zero-order valence-corrected chi connectivity index (χ0v) is 14.8. The zero-order chi connectivity index (χ0) is 18.3. The number of hydrogen-bond acceptors (Lipinski definition) is 4. The maximum absolute atomic E-state index is 12.2. The van der Waals surface area contributed by atoms with Crippen molar-refractivity contribution < 1.29 is 19.4 Å². The van der Waals surface area contributed by atoms with Crippen LogP contribution in [0.5, 0.6) is 11.5 Å². The molecule has 0 radical (unpaired) electrons. The first-order valence-corrected chi connectivity index (χ1v) is 8.21. The van der Waals surface area contributed by atoms with E-state index in [-0.39, 0.29) is 17.5 Å². The molecule has 0 saturated carbocycles. The van der Waals surface area contributed by atoms with Crippen molar-refractivity contribution in [3.8, 4) is 22.8 Å². The summed E-state index contributed by atoms with van der Waals surface area (Å²) in [5.41, 5.74) is 0.382. The molecule has 7 heteroatoms. The number of ether oxygens (including phenoxy) is 2. The second kappa shape index (κ2) is 6.44. The third-order valence-corrected chi connectivity index (χ3v) is 4.67. The second-order valence-corrected chi connectivity index (χ2v) is 6.66. The number of fused-ring (bicyclic) bond motifs is 3. The normalized spacial score (nSPS) is 15.8. The molecule has 2 aromatic rings. The standard InChI is InChI=1S/C18H18ClNO5/c1-9(2)14-8-25-16-6-17(24-3)12(19)4-10(16)13-5-15(21)11(18(22)23)7-20(13)14/h4-7,9,14H,8H2,1-3H3,(H,22,23). The van der Waals surface area contributed by atoms with Crippen molar-refractivity contribution in [1.29, 1.82) is 0 Å². The molecular formula is C18H18ClNO5. The van der Waals surface area contributed by atoms with E-state index in [1.165, 1.54) is 19.4 Å². The van der Waals surface area contributed by atoms with E-state index in [1.807, 2.05) is 13.8 Å². The van der Waals surface area contributed by atoms with Gasteiger partial charge in [0.05, 0.1) is 23.9 Å². The Balaban J connectivity index is 2.33. The lowest BCUT2D eigenvalue weighted by atomic mass is 10.0. The first-order chi connectivity index (χ1) is 11.8. The Hall–Kier alpha value is -2.47. The average molecular weight is 364 g/mol. The van der Waals surface area contributed by atoms with Gasteiger partial charge in [0.1, 0.15) is 23.7 Å². The third kappa shape index (κ3) is 2.98. The molecule has 0 aliphatic carbocycles. The molecule has 0 spiro atoms. The van der Waals surface area contributed by atoms with Gasteiger partial charge in [0.25, 0.3) is 0 Å². The van der Waals surface area contributed by atoms with Crippen LogP contribution in [0, 0.1) is 5.92 Å². The summed E-state index contributed by atoms with van der Waals surface area (Å²) in [5.74, 6) is -0.0735. The highest BCUT2D eigenvalue weighted by atomic mass is 35.5. The minimum absolute atomic E-state index is 0.133. The fourth-order valence-electron chi connectivity index (χ4n) is 2.98. The Kier molecular flexibility index (Phi) is 4.47. The van der Waals surface area contributed by atoms with Crippen molar-refractivity contribution >= 4 is 17.6 Å². The van der Waals surface area contributed by atoms with E-state index in [0.29, 0.717) is 34.4 Å². The quantitative estimate of drug-likeness (QED) is 0.903. The van der Waals surface area contributed by atoms with Gasteiger partial charge in [-0.3, -0.25) is 4.79 Å². The van der Waals surface area contributed by atoms with Gasteiger partial charge in [-0.1, -0.05) is 25.4 Å². The van der Waals surface area contributed by atoms with Crippen LogP contribution in [-0.4, -0.2) is 29.4 Å². The predicted molar refractivity (Wildman–Crippen MR) is 94.0 cm³/mol. The highest BCUT2D eigenvalue weighted by Gasteiger charge is 2.27. The molecule has 1 atom stereocenters. The van der Waals surface area contributed by atoms with E-state index in [2.05, 4.69) is 0 Å². The fourth-order valence-corrected chi connectivity index (χ4v) is 3.22. The molecule has 25 heavy (non-hydrogen) atoms. The summed E-state index contributed by atoms with van der Waals surface area (Å²) in [6.45, 7) is 4.37. The largest absolute Gasteiger partial charge is 0.495 e. The number of nitrogens with zero attached hydrogens (tertiary/aromatic N) is 1.